The zero-order valence-electron chi connectivity index (χ0n) is 19.7. The van der Waals surface area contributed by atoms with Crippen LogP contribution < -0.4 is 4.90 Å². The lowest BCUT2D eigenvalue weighted by atomic mass is 9.97. The summed E-state index contributed by atoms with van der Waals surface area (Å²) in [4.78, 5) is 22.0. The molecule has 2 aliphatic heterocycles. The van der Waals surface area contributed by atoms with E-state index in [1.165, 1.54) is 22.4 Å². The minimum absolute atomic E-state index is 0.202. The molecule has 1 saturated heterocycles. The Balaban J connectivity index is 1.47. The highest BCUT2D eigenvalue weighted by molar-refractivity contribution is 5.98. The Morgan fingerprint density at radius 3 is 2.56 bits per heavy atom. The summed E-state index contributed by atoms with van der Waals surface area (Å²) in [6, 6.07) is 15.5. The molecule has 2 aromatic carbocycles. The third-order valence-electron chi connectivity index (χ3n) is 6.64. The van der Waals surface area contributed by atoms with Crippen LogP contribution in [0, 0.1) is 0 Å². The molecule has 0 spiro atoms. The van der Waals surface area contributed by atoms with Crippen LogP contribution in [0.5, 0.6) is 0 Å². The molecular weight excluding hydrogens is 394 g/mol. The van der Waals surface area contributed by atoms with Crippen LogP contribution in [-0.2, 0) is 24.1 Å². The Morgan fingerprint density at radius 1 is 1.06 bits per heavy atom. The lowest BCUT2D eigenvalue weighted by Crippen LogP contribution is -2.38. The van der Waals surface area contributed by atoms with Crippen LogP contribution >= 0.6 is 0 Å². The second-order valence-corrected chi connectivity index (χ2v) is 8.95. The average Bonchev–Trinajstić information content (AvgIpc) is 3.25. The Kier molecular flexibility index (Phi) is 7.09. The van der Waals surface area contributed by atoms with Crippen molar-refractivity contribution >= 4 is 24.0 Å². The van der Waals surface area contributed by atoms with Gasteiger partial charge in [0.25, 0.3) is 0 Å². The molecule has 2 aliphatic rings. The molecule has 2 aromatic rings. The summed E-state index contributed by atoms with van der Waals surface area (Å²) >= 11 is 0. The average molecular weight is 430 g/mol. The summed E-state index contributed by atoms with van der Waals surface area (Å²) in [6.45, 7) is 9.10. The molecule has 0 aliphatic carbocycles. The molecular formula is C28H35N3O. The van der Waals surface area contributed by atoms with Gasteiger partial charge >= 0.3 is 0 Å². The number of amides is 1. The smallest absolute Gasteiger partial charge is 0.249 e. The van der Waals surface area contributed by atoms with Crippen molar-refractivity contribution in [1.82, 2.24) is 4.90 Å². The van der Waals surface area contributed by atoms with E-state index in [1.54, 1.807) is 0 Å². The first kappa shape index (κ1) is 22.3. The molecule has 0 N–H and O–H groups in total. The van der Waals surface area contributed by atoms with Gasteiger partial charge in [-0.2, -0.15) is 0 Å². The van der Waals surface area contributed by atoms with Gasteiger partial charge in [-0.15, -0.1) is 0 Å². The summed E-state index contributed by atoms with van der Waals surface area (Å²) < 4.78 is 0. The van der Waals surface area contributed by atoms with Gasteiger partial charge in [0, 0.05) is 30.9 Å². The Hall–Kier alpha value is -2.88. The van der Waals surface area contributed by atoms with Gasteiger partial charge < -0.3 is 9.80 Å². The first-order valence-corrected chi connectivity index (χ1v) is 12.1. The maximum Gasteiger partial charge on any atom is 0.249 e. The van der Waals surface area contributed by atoms with E-state index < -0.39 is 0 Å². The van der Waals surface area contributed by atoms with Crippen molar-refractivity contribution in [3.8, 4) is 0 Å². The lowest BCUT2D eigenvalue weighted by molar-refractivity contribution is -0.128. The number of hydrogen-bond donors (Lipinski definition) is 0. The predicted molar refractivity (Wildman–Crippen MR) is 134 cm³/mol. The van der Waals surface area contributed by atoms with E-state index in [-0.39, 0.29) is 5.91 Å². The molecule has 1 atom stereocenters. The monoisotopic (exact) mass is 429 g/mol. The number of nitrogens with zero attached hydrogens (tertiary/aromatic N) is 3. The van der Waals surface area contributed by atoms with Crippen molar-refractivity contribution in [2.45, 2.75) is 58.9 Å². The molecule has 32 heavy (non-hydrogen) atoms. The van der Waals surface area contributed by atoms with E-state index >= 15 is 0 Å². The first-order valence-electron chi connectivity index (χ1n) is 12.1. The third-order valence-corrected chi connectivity index (χ3v) is 6.64. The van der Waals surface area contributed by atoms with Gasteiger partial charge in [0.05, 0.1) is 12.4 Å². The molecule has 4 nitrogen and oxygen atoms in total. The predicted octanol–water partition coefficient (Wildman–Crippen LogP) is 5.30. The number of benzene rings is 2. The number of piperidine rings is 1. The molecule has 4 heteroatoms. The van der Waals surface area contributed by atoms with Gasteiger partial charge in [-0.1, -0.05) is 44.2 Å². The molecule has 0 saturated carbocycles. The minimum atomic E-state index is 0.202. The van der Waals surface area contributed by atoms with Crippen molar-refractivity contribution in [3.05, 3.63) is 70.3 Å². The highest BCUT2D eigenvalue weighted by Gasteiger charge is 2.23. The van der Waals surface area contributed by atoms with E-state index in [2.05, 4.69) is 79.2 Å². The SMILES string of the molecule is CCc1ccccc1CCN1CCC/C(=C\c2ccc(N3C=NC(C)C3)c(CC)c2)C1=O. The summed E-state index contributed by atoms with van der Waals surface area (Å²) in [5.41, 5.74) is 7.34. The van der Waals surface area contributed by atoms with Crippen molar-refractivity contribution in [3.63, 3.8) is 0 Å². The fourth-order valence-corrected chi connectivity index (χ4v) is 4.81. The zero-order valence-corrected chi connectivity index (χ0v) is 19.7. The van der Waals surface area contributed by atoms with Crippen LogP contribution in [0.25, 0.3) is 6.08 Å². The number of likely N-dealkylation sites (tertiary alicyclic amines) is 1. The van der Waals surface area contributed by atoms with Gasteiger partial charge in [-0.25, -0.2) is 0 Å². The van der Waals surface area contributed by atoms with E-state index in [9.17, 15) is 4.79 Å². The maximum atomic E-state index is 13.2. The van der Waals surface area contributed by atoms with Crippen molar-refractivity contribution < 1.29 is 4.79 Å². The topological polar surface area (TPSA) is 35.9 Å². The first-order chi connectivity index (χ1) is 15.6. The fourth-order valence-electron chi connectivity index (χ4n) is 4.81. The standard InChI is InChI=1S/C28H35N3O/c1-4-23-9-6-7-10-25(23)14-16-30-15-8-11-26(28(30)32)18-22-12-13-27(24(5-2)17-22)31-19-21(3)29-20-31/h6-7,9-10,12-13,17-18,20-21H,4-5,8,11,14-16,19H2,1-3H3/b26-18+. The second kappa shape index (κ2) is 10.2. The van der Waals surface area contributed by atoms with E-state index in [1.807, 2.05) is 11.2 Å². The molecule has 0 aromatic heterocycles. The highest BCUT2D eigenvalue weighted by Crippen LogP contribution is 2.27. The van der Waals surface area contributed by atoms with Crippen molar-refractivity contribution in [2.75, 3.05) is 24.5 Å². The summed E-state index contributed by atoms with van der Waals surface area (Å²) in [5, 5.41) is 0. The fraction of sp³-hybridized carbons (Fsp3) is 0.429. The zero-order chi connectivity index (χ0) is 22.5. The second-order valence-electron chi connectivity index (χ2n) is 8.95. The highest BCUT2D eigenvalue weighted by atomic mass is 16.2. The number of carbonyl (C=O) groups is 1. The van der Waals surface area contributed by atoms with Crippen molar-refractivity contribution in [1.29, 1.82) is 0 Å². The van der Waals surface area contributed by atoms with Crippen LogP contribution in [-0.4, -0.2) is 42.8 Å². The van der Waals surface area contributed by atoms with E-state index in [0.29, 0.717) is 6.04 Å². The van der Waals surface area contributed by atoms with Gasteiger partial charge in [-0.3, -0.25) is 9.79 Å². The van der Waals surface area contributed by atoms with Gasteiger partial charge in [-0.05, 0) is 79.5 Å². The van der Waals surface area contributed by atoms with Gasteiger partial charge in [0.2, 0.25) is 5.91 Å². The van der Waals surface area contributed by atoms with E-state index in [0.717, 1.165) is 62.9 Å². The van der Waals surface area contributed by atoms with Crippen LogP contribution in [0.3, 0.4) is 0 Å². The van der Waals surface area contributed by atoms with E-state index in [4.69, 9.17) is 0 Å². The van der Waals surface area contributed by atoms with Gasteiger partial charge in [0.1, 0.15) is 0 Å². The normalized spacial score (nSPS) is 19.9. The van der Waals surface area contributed by atoms with Crippen LogP contribution in [0.2, 0.25) is 0 Å². The quantitative estimate of drug-likeness (QED) is 0.560. The largest absolute Gasteiger partial charge is 0.339 e. The number of hydrogen-bond acceptors (Lipinski definition) is 3. The number of anilines is 1. The number of aliphatic imine (C=N–C) groups is 1. The molecule has 168 valence electrons. The van der Waals surface area contributed by atoms with Crippen LogP contribution in [0.15, 0.2) is 53.0 Å². The number of rotatable bonds is 7. The number of aryl methyl sites for hydroxylation is 2. The molecule has 1 unspecified atom stereocenters. The molecule has 4 rings (SSSR count). The molecule has 1 fully saturated rings. The molecule has 0 bridgehead atoms. The van der Waals surface area contributed by atoms with Crippen LogP contribution in [0.4, 0.5) is 5.69 Å². The molecule has 0 radical (unpaired) electrons. The molecule has 1 amide bonds. The Labute approximate surface area is 192 Å². The number of carbonyl (C=O) groups excluding carboxylic acids is 1. The molecule has 2 heterocycles. The summed E-state index contributed by atoms with van der Waals surface area (Å²) in [5.74, 6) is 0.202. The third kappa shape index (κ3) is 4.95. The van der Waals surface area contributed by atoms with Crippen molar-refractivity contribution in [2.24, 2.45) is 4.99 Å². The van der Waals surface area contributed by atoms with Crippen LogP contribution in [0.1, 0.15) is 55.9 Å². The summed E-state index contributed by atoms with van der Waals surface area (Å²) in [6.07, 6.45) is 8.88. The maximum absolute atomic E-state index is 13.2. The Bertz CT molecular complexity index is 1020. The lowest BCUT2D eigenvalue weighted by Gasteiger charge is -2.29. The Morgan fingerprint density at radius 2 is 1.84 bits per heavy atom. The summed E-state index contributed by atoms with van der Waals surface area (Å²) in [7, 11) is 0. The van der Waals surface area contributed by atoms with Gasteiger partial charge in [0.15, 0.2) is 0 Å². The minimum Gasteiger partial charge on any atom is -0.339 e.